The molecule has 2 heterocycles. The van der Waals surface area contributed by atoms with E-state index in [0.29, 0.717) is 35.1 Å². The van der Waals surface area contributed by atoms with Crippen molar-refractivity contribution in [3.05, 3.63) is 29.3 Å². The summed E-state index contributed by atoms with van der Waals surface area (Å²) in [5.41, 5.74) is 1.56. The molecule has 1 saturated carbocycles. The fourth-order valence-electron chi connectivity index (χ4n) is 4.89. The van der Waals surface area contributed by atoms with Crippen LogP contribution in [0.25, 0.3) is 10.9 Å². The Hall–Kier alpha value is -1.85. The maximum atomic E-state index is 12.7. The number of hydrogen-bond donors (Lipinski definition) is 2. The largest absolute Gasteiger partial charge is 0.355 e. The van der Waals surface area contributed by atoms with Crippen LogP contribution in [0.2, 0.25) is 5.02 Å². The molecule has 6 heteroatoms. The van der Waals surface area contributed by atoms with Gasteiger partial charge in [-0.2, -0.15) is 0 Å². The van der Waals surface area contributed by atoms with Gasteiger partial charge in [-0.25, -0.2) is 4.98 Å². The molecule has 0 bridgehead atoms. The third-order valence-electron chi connectivity index (χ3n) is 6.35. The van der Waals surface area contributed by atoms with Crippen molar-refractivity contribution in [1.82, 2.24) is 10.3 Å². The summed E-state index contributed by atoms with van der Waals surface area (Å²) in [5.74, 6) is 1.54. The molecule has 1 aliphatic heterocycles. The molecular weight excluding hydrogens is 396 g/mol. The first-order valence-electron chi connectivity index (χ1n) is 11.4. The first-order chi connectivity index (χ1) is 14.5. The predicted molar refractivity (Wildman–Crippen MR) is 125 cm³/mol. The lowest BCUT2D eigenvalue weighted by molar-refractivity contribution is -0.117. The Kier molecular flexibility index (Phi) is 6.79. The normalized spacial score (nSPS) is 20.3. The highest BCUT2D eigenvalue weighted by molar-refractivity contribution is 6.35. The summed E-state index contributed by atoms with van der Waals surface area (Å²) in [6.45, 7) is 6.34. The van der Waals surface area contributed by atoms with Gasteiger partial charge in [-0.15, -0.1) is 0 Å². The molecule has 0 unspecified atom stereocenters. The average Bonchev–Trinajstić information content (AvgIpc) is 3.18. The number of hydrogen-bond acceptors (Lipinski definition) is 4. The van der Waals surface area contributed by atoms with Gasteiger partial charge >= 0.3 is 0 Å². The Balaban J connectivity index is 1.49. The maximum absolute atomic E-state index is 12.7. The molecule has 4 rings (SSSR count). The summed E-state index contributed by atoms with van der Waals surface area (Å²) in [7, 11) is 0. The van der Waals surface area contributed by atoms with Crippen molar-refractivity contribution in [2.75, 3.05) is 23.3 Å². The van der Waals surface area contributed by atoms with E-state index in [-0.39, 0.29) is 5.91 Å². The Morgan fingerprint density at radius 2 is 1.97 bits per heavy atom. The molecule has 162 valence electrons. The number of nitrogens with one attached hydrogen (secondary N) is 2. The van der Waals surface area contributed by atoms with Crippen LogP contribution in [0.4, 0.5) is 11.5 Å². The van der Waals surface area contributed by atoms with E-state index in [4.69, 9.17) is 16.6 Å². The molecule has 1 aliphatic carbocycles. The second-order valence-corrected chi connectivity index (χ2v) is 9.58. The van der Waals surface area contributed by atoms with Crippen LogP contribution in [0.5, 0.6) is 0 Å². The molecule has 1 aromatic carbocycles. The third-order valence-corrected chi connectivity index (χ3v) is 6.67. The van der Waals surface area contributed by atoms with E-state index in [1.165, 1.54) is 19.3 Å². The second kappa shape index (κ2) is 9.52. The van der Waals surface area contributed by atoms with Crippen LogP contribution >= 0.6 is 11.6 Å². The van der Waals surface area contributed by atoms with E-state index >= 15 is 0 Å². The van der Waals surface area contributed by atoms with E-state index in [1.807, 2.05) is 24.3 Å². The molecule has 1 saturated heterocycles. The van der Waals surface area contributed by atoms with E-state index in [9.17, 15) is 4.79 Å². The van der Waals surface area contributed by atoms with Gasteiger partial charge in [0.1, 0.15) is 5.82 Å². The number of aromatic nitrogens is 1. The zero-order chi connectivity index (χ0) is 21.1. The van der Waals surface area contributed by atoms with E-state index in [0.717, 1.165) is 49.1 Å². The molecule has 2 N–H and O–H groups in total. The van der Waals surface area contributed by atoms with Gasteiger partial charge in [-0.1, -0.05) is 44.7 Å². The number of rotatable bonds is 6. The number of fused-ring (bicyclic) bond motifs is 1. The molecule has 2 fully saturated rings. The van der Waals surface area contributed by atoms with E-state index in [1.54, 1.807) is 0 Å². The minimum Gasteiger partial charge on any atom is -0.355 e. The van der Waals surface area contributed by atoms with E-state index < -0.39 is 0 Å². The fraction of sp³-hybridized carbons (Fsp3) is 0.583. The molecule has 5 nitrogen and oxygen atoms in total. The molecule has 0 radical (unpaired) electrons. The molecule has 1 atom stereocenters. The van der Waals surface area contributed by atoms with Gasteiger partial charge in [0.05, 0.1) is 16.2 Å². The lowest BCUT2D eigenvalue weighted by atomic mass is 9.87. The van der Waals surface area contributed by atoms with Crippen LogP contribution in [0.1, 0.15) is 58.8 Å². The summed E-state index contributed by atoms with van der Waals surface area (Å²) in [5, 5.41) is 8.17. The van der Waals surface area contributed by atoms with Gasteiger partial charge in [0, 0.05) is 37.0 Å². The van der Waals surface area contributed by atoms with Crippen LogP contribution in [0, 0.1) is 5.92 Å². The van der Waals surface area contributed by atoms with Crippen molar-refractivity contribution in [1.29, 1.82) is 0 Å². The quantitative estimate of drug-likeness (QED) is 0.649. The molecule has 2 aromatic rings. The topological polar surface area (TPSA) is 57.3 Å². The van der Waals surface area contributed by atoms with Gasteiger partial charge in [0.2, 0.25) is 5.91 Å². The third kappa shape index (κ3) is 5.06. The molecule has 1 aromatic heterocycles. The number of carbonyl (C=O) groups is 1. The molecular formula is C24H33ClN4O. The molecule has 0 spiro atoms. The van der Waals surface area contributed by atoms with Crippen molar-refractivity contribution in [3.63, 3.8) is 0 Å². The first-order valence-corrected chi connectivity index (χ1v) is 11.8. The van der Waals surface area contributed by atoms with Crippen LogP contribution in [-0.2, 0) is 4.79 Å². The predicted octanol–water partition coefficient (Wildman–Crippen LogP) is 5.37. The zero-order valence-electron chi connectivity index (χ0n) is 18.1. The lowest BCUT2D eigenvalue weighted by Crippen LogP contribution is -2.37. The number of nitrogens with zero attached hydrogens (tertiary/aromatic N) is 2. The van der Waals surface area contributed by atoms with Crippen molar-refractivity contribution < 1.29 is 4.79 Å². The average molecular weight is 429 g/mol. The smallest absolute Gasteiger partial charge is 0.224 e. The highest BCUT2D eigenvalue weighted by Crippen LogP contribution is 2.33. The van der Waals surface area contributed by atoms with Gasteiger partial charge in [0.25, 0.3) is 0 Å². The van der Waals surface area contributed by atoms with Gasteiger partial charge < -0.3 is 15.5 Å². The zero-order valence-corrected chi connectivity index (χ0v) is 18.8. The number of amides is 1. The van der Waals surface area contributed by atoms with Crippen molar-refractivity contribution >= 4 is 39.9 Å². The van der Waals surface area contributed by atoms with Crippen LogP contribution in [0.3, 0.4) is 0 Å². The number of pyridine rings is 1. The second-order valence-electron chi connectivity index (χ2n) is 9.17. The SMILES string of the molecule is CC(C)N[C@H]1CCN(c2ccc3c(NC(=O)CC4CCCCC4)c(Cl)ccc3n2)C1. The van der Waals surface area contributed by atoms with Crippen molar-refractivity contribution in [2.45, 2.75) is 70.9 Å². The van der Waals surface area contributed by atoms with Gasteiger partial charge in [-0.05, 0) is 49.4 Å². The Morgan fingerprint density at radius 1 is 1.17 bits per heavy atom. The lowest BCUT2D eigenvalue weighted by Gasteiger charge is -2.21. The van der Waals surface area contributed by atoms with Crippen LogP contribution in [0.15, 0.2) is 24.3 Å². The summed E-state index contributed by atoms with van der Waals surface area (Å²) in [4.78, 5) is 19.9. The first kappa shape index (κ1) is 21.4. The molecule has 30 heavy (non-hydrogen) atoms. The fourth-order valence-corrected chi connectivity index (χ4v) is 5.10. The molecule has 2 aliphatic rings. The van der Waals surface area contributed by atoms with E-state index in [2.05, 4.69) is 29.4 Å². The maximum Gasteiger partial charge on any atom is 0.224 e. The Bertz CT molecular complexity index is 894. The number of anilines is 2. The summed E-state index contributed by atoms with van der Waals surface area (Å²) >= 11 is 6.46. The molecule has 1 amide bonds. The Labute approximate surface area is 184 Å². The Morgan fingerprint density at radius 3 is 2.73 bits per heavy atom. The van der Waals surface area contributed by atoms with Gasteiger partial charge in [-0.3, -0.25) is 4.79 Å². The summed E-state index contributed by atoms with van der Waals surface area (Å²) in [6.07, 6.45) is 7.80. The summed E-state index contributed by atoms with van der Waals surface area (Å²) < 4.78 is 0. The number of halogens is 1. The monoisotopic (exact) mass is 428 g/mol. The van der Waals surface area contributed by atoms with Gasteiger partial charge in [0.15, 0.2) is 0 Å². The van der Waals surface area contributed by atoms with Crippen molar-refractivity contribution in [3.8, 4) is 0 Å². The highest BCUT2D eigenvalue weighted by atomic mass is 35.5. The number of benzene rings is 1. The standard InChI is InChI=1S/C24H33ClN4O/c1-16(2)26-18-12-13-29(15-18)22-11-8-19-21(27-22)10-9-20(25)24(19)28-23(30)14-17-6-4-3-5-7-17/h8-11,16-18,26H,3-7,12-15H2,1-2H3,(H,28,30)/t18-/m0/s1. The van der Waals surface area contributed by atoms with Crippen LogP contribution < -0.4 is 15.5 Å². The minimum atomic E-state index is 0.0579. The minimum absolute atomic E-state index is 0.0579. The highest BCUT2D eigenvalue weighted by Gasteiger charge is 2.24. The summed E-state index contributed by atoms with van der Waals surface area (Å²) in [6, 6.07) is 8.86. The number of carbonyl (C=O) groups excluding carboxylic acids is 1. The van der Waals surface area contributed by atoms with Crippen LogP contribution in [-0.4, -0.2) is 36.1 Å². The van der Waals surface area contributed by atoms with Crippen molar-refractivity contribution in [2.24, 2.45) is 5.92 Å².